The average Bonchev–Trinajstić information content (AvgIpc) is 3.05. The molecule has 2 aromatic carbocycles. The van der Waals surface area contributed by atoms with Gasteiger partial charge in [-0.1, -0.05) is 0 Å². The van der Waals surface area contributed by atoms with Crippen molar-refractivity contribution in [2.75, 3.05) is 11.9 Å². The maximum Gasteiger partial charge on any atom is 0.148 e. The molecule has 0 atom stereocenters. The third-order valence-electron chi connectivity index (χ3n) is 3.97. The van der Waals surface area contributed by atoms with Crippen molar-refractivity contribution >= 4 is 16.9 Å². The first kappa shape index (κ1) is 16.1. The molecule has 0 aliphatic rings. The minimum absolute atomic E-state index is 0.284. The predicted octanol–water partition coefficient (Wildman–Crippen LogP) is 3.95. The molecule has 5 nitrogen and oxygen atoms in total. The monoisotopic (exact) mass is 351 g/mol. The van der Waals surface area contributed by atoms with E-state index >= 15 is 0 Å². The Hall–Kier alpha value is -3.35. The van der Waals surface area contributed by atoms with Gasteiger partial charge in [0, 0.05) is 18.5 Å². The van der Waals surface area contributed by atoms with Gasteiger partial charge in [0.2, 0.25) is 0 Å². The van der Waals surface area contributed by atoms with Crippen molar-refractivity contribution in [1.29, 1.82) is 0 Å². The quantitative estimate of drug-likeness (QED) is 0.571. The smallest absolute Gasteiger partial charge is 0.148 e. The molecule has 0 saturated carbocycles. The molecule has 2 heterocycles. The molecule has 0 aliphatic carbocycles. The number of aromatic nitrogens is 4. The second-order valence-corrected chi connectivity index (χ2v) is 5.83. The zero-order valence-corrected chi connectivity index (χ0v) is 13.7. The van der Waals surface area contributed by atoms with Gasteiger partial charge in [0.15, 0.2) is 0 Å². The number of benzene rings is 2. The number of hydrogen-bond donors (Lipinski definition) is 2. The molecule has 2 N–H and O–H groups in total. The normalized spacial score (nSPS) is 11.0. The van der Waals surface area contributed by atoms with E-state index in [1.165, 1.54) is 24.3 Å². The van der Waals surface area contributed by atoms with Crippen molar-refractivity contribution in [1.82, 2.24) is 20.2 Å². The average molecular weight is 351 g/mol. The number of fused-ring (bicyclic) bond motifs is 1. The summed E-state index contributed by atoms with van der Waals surface area (Å²) in [6, 6.07) is 14.2. The molecule has 0 unspecified atom stereocenters. The van der Waals surface area contributed by atoms with Gasteiger partial charge in [-0.2, -0.15) is 0 Å². The molecule has 0 fully saturated rings. The van der Waals surface area contributed by atoms with Crippen LogP contribution in [0, 0.1) is 11.6 Å². The maximum atomic E-state index is 13.2. The summed E-state index contributed by atoms with van der Waals surface area (Å²) in [5, 5.41) is 11.4. The SMILES string of the molecule is Fc1ccc(-c2ccc(NCCc3nc4ccc(F)cc4[nH]3)nn2)cc1. The van der Waals surface area contributed by atoms with Crippen molar-refractivity contribution in [2.45, 2.75) is 6.42 Å². The van der Waals surface area contributed by atoms with Gasteiger partial charge in [-0.3, -0.25) is 0 Å². The van der Waals surface area contributed by atoms with Crippen molar-refractivity contribution < 1.29 is 8.78 Å². The Morgan fingerprint density at radius 3 is 2.46 bits per heavy atom. The summed E-state index contributed by atoms with van der Waals surface area (Å²) >= 11 is 0. The van der Waals surface area contributed by atoms with Crippen LogP contribution in [0.2, 0.25) is 0 Å². The first-order valence-corrected chi connectivity index (χ1v) is 8.15. The Kier molecular flexibility index (Phi) is 4.27. The second kappa shape index (κ2) is 6.87. The molecule has 7 heteroatoms. The molecule has 0 aliphatic heterocycles. The minimum Gasteiger partial charge on any atom is -0.368 e. The predicted molar refractivity (Wildman–Crippen MR) is 95.7 cm³/mol. The number of anilines is 1. The second-order valence-electron chi connectivity index (χ2n) is 5.83. The van der Waals surface area contributed by atoms with Crippen LogP contribution in [0.4, 0.5) is 14.6 Å². The molecule has 130 valence electrons. The molecular formula is C19H15F2N5. The Morgan fingerprint density at radius 1 is 0.885 bits per heavy atom. The highest BCUT2D eigenvalue weighted by atomic mass is 19.1. The van der Waals surface area contributed by atoms with E-state index in [4.69, 9.17) is 0 Å². The lowest BCUT2D eigenvalue weighted by Gasteiger charge is -2.05. The zero-order valence-electron chi connectivity index (χ0n) is 13.7. The maximum absolute atomic E-state index is 13.2. The van der Waals surface area contributed by atoms with Crippen molar-refractivity contribution in [3.63, 3.8) is 0 Å². The van der Waals surface area contributed by atoms with Crippen LogP contribution in [-0.4, -0.2) is 26.7 Å². The number of H-pyrrole nitrogens is 1. The molecule has 0 bridgehead atoms. The van der Waals surface area contributed by atoms with Gasteiger partial charge in [0.25, 0.3) is 0 Å². The van der Waals surface area contributed by atoms with E-state index in [9.17, 15) is 8.78 Å². The molecule has 0 amide bonds. The van der Waals surface area contributed by atoms with Gasteiger partial charge in [-0.25, -0.2) is 13.8 Å². The number of hydrogen-bond acceptors (Lipinski definition) is 4. The Bertz CT molecular complexity index is 1030. The largest absolute Gasteiger partial charge is 0.368 e. The molecule has 4 aromatic rings. The first-order chi connectivity index (χ1) is 12.7. The molecule has 0 spiro atoms. The van der Waals surface area contributed by atoms with Crippen LogP contribution >= 0.6 is 0 Å². The van der Waals surface area contributed by atoms with Gasteiger partial charge < -0.3 is 10.3 Å². The minimum atomic E-state index is -0.289. The van der Waals surface area contributed by atoms with Crippen LogP contribution in [-0.2, 0) is 6.42 Å². The Morgan fingerprint density at radius 2 is 1.69 bits per heavy atom. The van der Waals surface area contributed by atoms with Gasteiger partial charge in [0.05, 0.1) is 16.7 Å². The van der Waals surface area contributed by atoms with E-state index in [2.05, 4.69) is 25.5 Å². The van der Waals surface area contributed by atoms with Crippen molar-refractivity contribution in [2.24, 2.45) is 0 Å². The van der Waals surface area contributed by atoms with E-state index in [0.29, 0.717) is 30.0 Å². The van der Waals surface area contributed by atoms with Crippen LogP contribution < -0.4 is 5.32 Å². The van der Waals surface area contributed by atoms with Crippen LogP contribution in [0.1, 0.15) is 5.82 Å². The highest BCUT2D eigenvalue weighted by Crippen LogP contribution is 2.17. The van der Waals surface area contributed by atoms with Gasteiger partial charge in [0.1, 0.15) is 23.3 Å². The van der Waals surface area contributed by atoms with Crippen LogP contribution in [0.5, 0.6) is 0 Å². The summed E-state index contributed by atoms with van der Waals surface area (Å²) in [5.74, 6) is 0.836. The van der Waals surface area contributed by atoms with E-state index in [0.717, 1.165) is 16.9 Å². The number of nitrogens with one attached hydrogen (secondary N) is 2. The number of aromatic amines is 1. The van der Waals surface area contributed by atoms with Gasteiger partial charge >= 0.3 is 0 Å². The van der Waals surface area contributed by atoms with Crippen LogP contribution in [0.25, 0.3) is 22.3 Å². The van der Waals surface area contributed by atoms with E-state index in [1.807, 2.05) is 12.1 Å². The fourth-order valence-corrected chi connectivity index (χ4v) is 2.66. The molecule has 0 saturated heterocycles. The summed E-state index contributed by atoms with van der Waals surface area (Å²) in [6.07, 6.45) is 0.637. The zero-order chi connectivity index (χ0) is 17.9. The molecule has 4 rings (SSSR count). The molecule has 2 aromatic heterocycles. The summed E-state index contributed by atoms with van der Waals surface area (Å²) in [7, 11) is 0. The fraction of sp³-hybridized carbons (Fsp3) is 0.105. The lowest BCUT2D eigenvalue weighted by Crippen LogP contribution is -2.07. The molecule has 0 radical (unpaired) electrons. The summed E-state index contributed by atoms with van der Waals surface area (Å²) in [4.78, 5) is 7.52. The van der Waals surface area contributed by atoms with E-state index < -0.39 is 0 Å². The highest BCUT2D eigenvalue weighted by Gasteiger charge is 2.05. The van der Waals surface area contributed by atoms with E-state index in [-0.39, 0.29) is 11.6 Å². The highest BCUT2D eigenvalue weighted by molar-refractivity contribution is 5.74. The summed E-state index contributed by atoms with van der Waals surface area (Å²) < 4.78 is 26.2. The van der Waals surface area contributed by atoms with Crippen molar-refractivity contribution in [3.8, 4) is 11.3 Å². The number of nitrogens with zero attached hydrogens (tertiary/aromatic N) is 3. The Balaban J connectivity index is 1.37. The first-order valence-electron chi connectivity index (χ1n) is 8.15. The summed E-state index contributed by atoms with van der Waals surface area (Å²) in [5.41, 5.74) is 2.91. The number of imidazole rings is 1. The number of halogens is 2. The Labute approximate surface area is 148 Å². The van der Waals surface area contributed by atoms with Crippen LogP contribution in [0.3, 0.4) is 0 Å². The van der Waals surface area contributed by atoms with Gasteiger partial charge in [-0.15, -0.1) is 10.2 Å². The summed E-state index contributed by atoms with van der Waals surface area (Å²) in [6.45, 7) is 0.604. The third-order valence-corrected chi connectivity index (χ3v) is 3.97. The van der Waals surface area contributed by atoms with Crippen LogP contribution in [0.15, 0.2) is 54.6 Å². The van der Waals surface area contributed by atoms with E-state index in [1.54, 1.807) is 18.2 Å². The third kappa shape index (κ3) is 3.51. The molecule has 26 heavy (non-hydrogen) atoms. The standard InChI is InChI=1S/C19H15F2N5/c20-13-3-1-12(2-4-13)15-7-8-18(26-25-15)22-10-9-19-23-16-6-5-14(21)11-17(16)24-19/h1-8,11H,9-10H2,(H,22,26)(H,23,24). The lowest BCUT2D eigenvalue weighted by molar-refractivity contribution is 0.628. The van der Waals surface area contributed by atoms with Crippen molar-refractivity contribution in [3.05, 3.63) is 72.1 Å². The lowest BCUT2D eigenvalue weighted by atomic mass is 10.1. The molecular weight excluding hydrogens is 336 g/mol. The van der Waals surface area contributed by atoms with Gasteiger partial charge in [-0.05, 0) is 54.6 Å². The fourth-order valence-electron chi connectivity index (χ4n) is 2.66. The number of rotatable bonds is 5. The topological polar surface area (TPSA) is 66.5 Å².